The van der Waals surface area contributed by atoms with E-state index >= 15 is 0 Å². The van der Waals surface area contributed by atoms with E-state index in [2.05, 4.69) is 16.7 Å². The summed E-state index contributed by atoms with van der Waals surface area (Å²) < 4.78 is 5.23. The first-order valence-corrected chi connectivity index (χ1v) is 11.5. The summed E-state index contributed by atoms with van der Waals surface area (Å²) in [6.07, 6.45) is 4.99. The highest BCUT2D eigenvalue weighted by molar-refractivity contribution is 6.34. The zero-order valence-corrected chi connectivity index (χ0v) is 21.9. The lowest BCUT2D eigenvalue weighted by Crippen LogP contribution is -2.49. The van der Waals surface area contributed by atoms with Crippen molar-refractivity contribution < 1.29 is 19.1 Å². The Bertz CT molecular complexity index is 1120. The summed E-state index contributed by atoms with van der Waals surface area (Å²) in [6, 6.07) is 10.9. The maximum Gasteiger partial charge on any atom is 0.408 e. The first-order valence-electron chi connectivity index (χ1n) is 11.2. The maximum atomic E-state index is 13.6. The lowest BCUT2D eigenvalue weighted by molar-refractivity contribution is -0.136. The van der Waals surface area contributed by atoms with E-state index in [9.17, 15) is 14.4 Å². The summed E-state index contributed by atoms with van der Waals surface area (Å²) in [7, 11) is 0. The van der Waals surface area contributed by atoms with Crippen LogP contribution in [0.4, 0.5) is 10.5 Å². The normalized spacial score (nSPS) is 12.7. The average molecular weight is 498 g/mol. The molecule has 0 saturated heterocycles. The van der Waals surface area contributed by atoms with Crippen LogP contribution in [0.5, 0.6) is 0 Å². The molecule has 2 rings (SSSR count). The highest BCUT2D eigenvalue weighted by atomic mass is 35.5. The summed E-state index contributed by atoms with van der Waals surface area (Å²) in [5.74, 6) is -1.18. The molecule has 0 spiro atoms. The molecule has 7 nitrogen and oxygen atoms in total. The van der Waals surface area contributed by atoms with Crippen LogP contribution in [0.3, 0.4) is 0 Å². The second kappa shape index (κ2) is 11.3. The molecule has 2 unspecified atom stereocenters. The summed E-state index contributed by atoms with van der Waals surface area (Å²) >= 11 is 6.31. The van der Waals surface area contributed by atoms with Crippen molar-refractivity contribution in [2.75, 3.05) is 5.32 Å². The molecule has 3 amide bonds. The van der Waals surface area contributed by atoms with Crippen molar-refractivity contribution in [1.29, 1.82) is 0 Å². The molecule has 186 valence electrons. The molecule has 2 aromatic carbocycles. The first-order chi connectivity index (χ1) is 16.2. The van der Waals surface area contributed by atoms with Crippen LogP contribution < -0.4 is 10.6 Å². The number of ether oxygens (including phenoxy) is 1. The molecule has 0 fully saturated rings. The van der Waals surface area contributed by atoms with Crippen LogP contribution in [0.2, 0.25) is 5.02 Å². The quantitative estimate of drug-likeness (QED) is 0.420. The number of halogens is 1. The molecule has 0 aromatic heterocycles. The van der Waals surface area contributed by atoms with Gasteiger partial charge in [0.2, 0.25) is 0 Å². The van der Waals surface area contributed by atoms with E-state index < -0.39 is 35.6 Å². The number of para-hydroxylation sites is 1. The Morgan fingerprint density at radius 2 is 1.69 bits per heavy atom. The molecule has 0 saturated carbocycles. The van der Waals surface area contributed by atoms with E-state index in [1.807, 2.05) is 32.9 Å². The van der Waals surface area contributed by atoms with Gasteiger partial charge in [0.05, 0.1) is 10.7 Å². The zero-order chi connectivity index (χ0) is 26.5. The SMILES string of the molecule is C#CN(C(=O)C(C)NC(=O)OC(C)(C)C)C(C(=O)Nc1c(C)cccc1Cl)c1cc(C)cc(C)c1. The number of nitrogens with zero attached hydrogens (tertiary/aromatic N) is 1. The van der Waals surface area contributed by atoms with Crippen LogP contribution in [0.25, 0.3) is 0 Å². The molecule has 2 atom stereocenters. The topological polar surface area (TPSA) is 87.7 Å². The standard InChI is InChI=1S/C27H32ClN3O4/c1-9-31(25(33)19(5)29-26(34)35-27(6,7)8)23(20-14-16(2)13-17(3)15-20)24(32)30-22-18(4)11-10-12-21(22)28/h1,10-15,19,23H,2-8H3,(H,29,34)(H,30,32). The van der Waals surface area contributed by atoms with Crippen molar-refractivity contribution in [3.63, 3.8) is 0 Å². The molecule has 0 aliphatic heterocycles. The summed E-state index contributed by atoms with van der Waals surface area (Å²) in [5, 5.41) is 5.67. The number of benzene rings is 2. The molecule has 0 aliphatic carbocycles. The molecule has 0 radical (unpaired) electrons. The smallest absolute Gasteiger partial charge is 0.408 e. The fourth-order valence-electron chi connectivity index (χ4n) is 3.59. The monoisotopic (exact) mass is 497 g/mol. The fraction of sp³-hybridized carbons (Fsp3) is 0.370. The highest BCUT2D eigenvalue weighted by Gasteiger charge is 2.35. The van der Waals surface area contributed by atoms with Crippen LogP contribution in [0, 0.1) is 33.2 Å². The number of hydrogen-bond acceptors (Lipinski definition) is 4. The Morgan fingerprint density at radius 3 is 2.20 bits per heavy atom. The van der Waals surface area contributed by atoms with Gasteiger partial charge in [0, 0.05) is 6.04 Å². The summed E-state index contributed by atoms with van der Waals surface area (Å²) in [6.45, 7) is 12.2. The Kier molecular flexibility index (Phi) is 8.94. The van der Waals surface area contributed by atoms with E-state index in [1.165, 1.54) is 6.92 Å². The van der Waals surface area contributed by atoms with Gasteiger partial charge in [-0.2, -0.15) is 0 Å². The van der Waals surface area contributed by atoms with Gasteiger partial charge in [-0.3, -0.25) is 14.5 Å². The Labute approximate surface area is 212 Å². The molecule has 8 heteroatoms. The van der Waals surface area contributed by atoms with Gasteiger partial charge in [0.25, 0.3) is 11.8 Å². The summed E-state index contributed by atoms with van der Waals surface area (Å²) in [5.41, 5.74) is 2.77. The van der Waals surface area contributed by atoms with Gasteiger partial charge in [-0.15, -0.1) is 0 Å². The number of carbonyl (C=O) groups excluding carboxylic acids is 3. The van der Waals surface area contributed by atoms with Crippen LogP contribution in [0.1, 0.15) is 56.0 Å². The molecule has 0 heterocycles. The largest absolute Gasteiger partial charge is 0.444 e. The molecular formula is C27H32ClN3O4. The molecule has 35 heavy (non-hydrogen) atoms. The predicted octanol–water partition coefficient (Wildman–Crippen LogP) is 5.28. The second-order valence-electron chi connectivity index (χ2n) is 9.45. The second-order valence-corrected chi connectivity index (χ2v) is 9.86. The van der Waals surface area contributed by atoms with Gasteiger partial charge < -0.3 is 15.4 Å². The van der Waals surface area contributed by atoms with Crippen molar-refractivity contribution in [3.05, 3.63) is 63.7 Å². The predicted molar refractivity (Wildman–Crippen MR) is 138 cm³/mol. The highest BCUT2D eigenvalue weighted by Crippen LogP contribution is 2.30. The minimum atomic E-state index is -1.18. The van der Waals surface area contributed by atoms with E-state index in [1.54, 1.807) is 45.0 Å². The van der Waals surface area contributed by atoms with Gasteiger partial charge in [0.1, 0.15) is 17.7 Å². The van der Waals surface area contributed by atoms with Gasteiger partial charge >= 0.3 is 6.09 Å². The number of aryl methyl sites for hydroxylation is 3. The summed E-state index contributed by atoms with van der Waals surface area (Å²) in [4.78, 5) is 40.2. The molecule has 2 aromatic rings. The number of alkyl carbamates (subject to hydrolysis) is 1. The van der Waals surface area contributed by atoms with Gasteiger partial charge in [-0.1, -0.05) is 59.5 Å². The van der Waals surface area contributed by atoms with Crippen LogP contribution in [0.15, 0.2) is 36.4 Å². The van der Waals surface area contributed by atoms with Crippen molar-refractivity contribution in [2.45, 2.75) is 66.2 Å². The minimum Gasteiger partial charge on any atom is -0.444 e. The third kappa shape index (κ3) is 7.49. The van der Waals surface area contributed by atoms with Gasteiger partial charge in [-0.05, 0) is 65.7 Å². The third-order valence-electron chi connectivity index (χ3n) is 5.02. The number of carbonyl (C=O) groups is 3. The van der Waals surface area contributed by atoms with Gasteiger partial charge in [0.15, 0.2) is 0 Å². The fourth-order valence-corrected chi connectivity index (χ4v) is 3.86. The Balaban J connectivity index is 2.46. The van der Waals surface area contributed by atoms with E-state index in [4.69, 9.17) is 22.8 Å². The lowest BCUT2D eigenvalue weighted by atomic mass is 9.98. The Hall–Kier alpha value is -3.50. The zero-order valence-electron chi connectivity index (χ0n) is 21.2. The molecule has 0 bridgehead atoms. The van der Waals surface area contributed by atoms with E-state index in [0.717, 1.165) is 21.6 Å². The van der Waals surface area contributed by atoms with Crippen molar-refractivity contribution >= 4 is 35.2 Å². The molecule has 2 N–H and O–H groups in total. The van der Waals surface area contributed by atoms with Crippen LogP contribution in [-0.4, -0.2) is 34.5 Å². The number of terminal acetylenes is 1. The average Bonchev–Trinajstić information content (AvgIpc) is 2.71. The molecular weight excluding hydrogens is 466 g/mol. The van der Waals surface area contributed by atoms with Crippen molar-refractivity contribution in [3.8, 4) is 12.5 Å². The number of nitrogens with one attached hydrogen (secondary N) is 2. The number of amides is 3. The van der Waals surface area contributed by atoms with Crippen molar-refractivity contribution in [2.24, 2.45) is 0 Å². The number of anilines is 1. The van der Waals surface area contributed by atoms with E-state index in [-0.39, 0.29) is 0 Å². The molecule has 0 aliphatic rings. The van der Waals surface area contributed by atoms with Gasteiger partial charge in [-0.25, -0.2) is 4.79 Å². The Morgan fingerprint density at radius 1 is 1.09 bits per heavy atom. The van der Waals surface area contributed by atoms with Crippen LogP contribution >= 0.6 is 11.6 Å². The maximum absolute atomic E-state index is 13.6. The van der Waals surface area contributed by atoms with Crippen LogP contribution in [-0.2, 0) is 14.3 Å². The lowest BCUT2D eigenvalue weighted by Gasteiger charge is -2.30. The number of rotatable bonds is 6. The van der Waals surface area contributed by atoms with Crippen molar-refractivity contribution in [1.82, 2.24) is 10.2 Å². The first kappa shape index (κ1) is 27.7. The number of hydrogen-bond donors (Lipinski definition) is 2. The minimum absolute atomic E-state index is 0.357. The third-order valence-corrected chi connectivity index (χ3v) is 5.33. The van der Waals surface area contributed by atoms with E-state index in [0.29, 0.717) is 16.3 Å².